The Morgan fingerprint density at radius 1 is 1.29 bits per heavy atom. The molecular formula is C20H24N2O2. The van der Waals surface area contributed by atoms with Crippen LogP contribution in [0.2, 0.25) is 0 Å². The number of carbonyl (C=O) groups is 1. The van der Waals surface area contributed by atoms with Gasteiger partial charge in [0.1, 0.15) is 5.75 Å². The van der Waals surface area contributed by atoms with Gasteiger partial charge in [-0.25, -0.2) is 0 Å². The number of nitrogens with zero attached hydrogens (tertiary/aromatic N) is 1. The Bertz CT molecular complexity index is 693. The fourth-order valence-electron chi connectivity index (χ4n) is 2.94. The van der Waals surface area contributed by atoms with Gasteiger partial charge < -0.3 is 10.1 Å². The van der Waals surface area contributed by atoms with E-state index in [2.05, 4.69) is 23.3 Å². The van der Waals surface area contributed by atoms with E-state index in [1.165, 1.54) is 0 Å². The number of aromatic nitrogens is 1. The topological polar surface area (TPSA) is 51.2 Å². The second-order valence-corrected chi connectivity index (χ2v) is 6.34. The summed E-state index contributed by atoms with van der Waals surface area (Å²) in [7, 11) is 0. The lowest BCUT2D eigenvalue weighted by Crippen LogP contribution is -2.32. The zero-order valence-electron chi connectivity index (χ0n) is 14.3. The molecule has 1 atom stereocenters. The molecule has 1 heterocycles. The van der Waals surface area contributed by atoms with E-state index in [-0.39, 0.29) is 11.9 Å². The van der Waals surface area contributed by atoms with E-state index in [0.717, 1.165) is 35.4 Å². The number of aryl methyl sites for hydroxylation is 1. The minimum absolute atomic E-state index is 0.0291. The Morgan fingerprint density at radius 2 is 2.04 bits per heavy atom. The standard InChI is InChI=1S/C20H24N2O2/c1-3-24-17-10-6-15(7-11-17)13-18(23)22-20(16-8-9-16)19-14(2)5-4-12-21-19/h4-7,10-12,16,20H,3,8-9,13H2,1-2H3,(H,22,23). The minimum Gasteiger partial charge on any atom is -0.494 e. The van der Waals surface area contributed by atoms with Crippen LogP contribution in [0.1, 0.15) is 42.6 Å². The van der Waals surface area contributed by atoms with E-state index in [1.54, 1.807) is 6.20 Å². The molecule has 126 valence electrons. The van der Waals surface area contributed by atoms with Crippen LogP contribution in [-0.2, 0) is 11.2 Å². The normalized spacial score (nSPS) is 14.9. The fraction of sp³-hybridized carbons (Fsp3) is 0.400. The summed E-state index contributed by atoms with van der Waals surface area (Å²) < 4.78 is 5.43. The second kappa shape index (κ2) is 7.47. The van der Waals surface area contributed by atoms with E-state index >= 15 is 0 Å². The molecule has 4 heteroatoms. The number of hydrogen-bond acceptors (Lipinski definition) is 3. The van der Waals surface area contributed by atoms with Crippen molar-refractivity contribution in [3.63, 3.8) is 0 Å². The van der Waals surface area contributed by atoms with Gasteiger partial charge in [-0.05, 0) is 61.9 Å². The molecule has 1 N–H and O–H groups in total. The molecule has 0 spiro atoms. The molecule has 24 heavy (non-hydrogen) atoms. The molecule has 3 rings (SSSR count). The first-order chi connectivity index (χ1) is 11.7. The Morgan fingerprint density at radius 3 is 2.67 bits per heavy atom. The average molecular weight is 324 g/mol. The Labute approximate surface area is 143 Å². The summed E-state index contributed by atoms with van der Waals surface area (Å²) in [6.45, 7) is 4.65. The predicted octanol–water partition coefficient (Wildman–Crippen LogP) is 3.60. The molecule has 0 saturated heterocycles. The molecule has 0 radical (unpaired) electrons. The summed E-state index contributed by atoms with van der Waals surface area (Å²) in [6, 6.07) is 11.7. The molecule has 1 fully saturated rings. The summed E-state index contributed by atoms with van der Waals surface area (Å²) in [5.41, 5.74) is 3.12. The quantitative estimate of drug-likeness (QED) is 0.846. The molecule has 1 unspecified atom stereocenters. The summed E-state index contributed by atoms with van der Waals surface area (Å²) in [6.07, 6.45) is 4.49. The monoisotopic (exact) mass is 324 g/mol. The third kappa shape index (κ3) is 4.13. The zero-order valence-corrected chi connectivity index (χ0v) is 14.3. The predicted molar refractivity (Wildman–Crippen MR) is 93.9 cm³/mol. The van der Waals surface area contributed by atoms with Crippen LogP contribution in [0.4, 0.5) is 0 Å². The van der Waals surface area contributed by atoms with Gasteiger partial charge in [0.15, 0.2) is 0 Å². The maximum atomic E-state index is 12.5. The maximum absolute atomic E-state index is 12.5. The largest absolute Gasteiger partial charge is 0.494 e. The van der Waals surface area contributed by atoms with E-state index < -0.39 is 0 Å². The van der Waals surface area contributed by atoms with Gasteiger partial charge in [-0.3, -0.25) is 9.78 Å². The molecular weight excluding hydrogens is 300 g/mol. The van der Waals surface area contributed by atoms with Crippen LogP contribution >= 0.6 is 0 Å². The third-order valence-corrected chi connectivity index (χ3v) is 4.35. The van der Waals surface area contributed by atoms with Crippen molar-refractivity contribution in [2.24, 2.45) is 5.92 Å². The van der Waals surface area contributed by atoms with Crippen molar-refractivity contribution >= 4 is 5.91 Å². The van der Waals surface area contributed by atoms with Gasteiger partial charge in [0, 0.05) is 6.20 Å². The lowest BCUT2D eigenvalue weighted by Gasteiger charge is -2.19. The van der Waals surface area contributed by atoms with Crippen LogP contribution in [0.15, 0.2) is 42.6 Å². The molecule has 1 aliphatic rings. The van der Waals surface area contributed by atoms with Gasteiger partial charge in [0.25, 0.3) is 0 Å². The first kappa shape index (κ1) is 16.5. The minimum atomic E-state index is 0.0291. The number of carbonyl (C=O) groups excluding carboxylic acids is 1. The summed E-state index contributed by atoms with van der Waals surface area (Å²) >= 11 is 0. The van der Waals surface area contributed by atoms with Gasteiger partial charge in [0.2, 0.25) is 5.91 Å². The summed E-state index contributed by atoms with van der Waals surface area (Å²) in [4.78, 5) is 17.0. The van der Waals surface area contributed by atoms with Crippen LogP contribution in [0.3, 0.4) is 0 Å². The van der Waals surface area contributed by atoms with Gasteiger partial charge in [-0.15, -0.1) is 0 Å². The first-order valence-electron chi connectivity index (χ1n) is 8.60. The maximum Gasteiger partial charge on any atom is 0.224 e. The van der Waals surface area contributed by atoms with E-state index in [4.69, 9.17) is 4.74 Å². The first-order valence-corrected chi connectivity index (χ1v) is 8.60. The van der Waals surface area contributed by atoms with Crippen LogP contribution in [0.25, 0.3) is 0 Å². The Kier molecular flexibility index (Phi) is 5.14. The van der Waals surface area contributed by atoms with Crippen LogP contribution in [0, 0.1) is 12.8 Å². The molecule has 4 nitrogen and oxygen atoms in total. The number of hydrogen-bond donors (Lipinski definition) is 1. The van der Waals surface area contributed by atoms with E-state index in [9.17, 15) is 4.79 Å². The fourth-order valence-corrected chi connectivity index (χ4v) is 2.94. The van der Waals surface area contributed by atoms with Gasteiger partial charge in [0.05, 0.1) is 24.8 Å². The van der Waals surface area contributed by atoms with Crippen LogP contribution in [-0.4, -0.2) is 17.5 Å². The molecule has 1 amide bonds. The highest BCUT2D eigenvalue weighted by atomic mass is 16.5. The van der Waals surface area contributed by atoms with Crippen molar-refractivity contribution in [3.05, 3.63) is 59.4 Å². The van der Waals surface area contributed by atoms with Gasteiger partial charge >= 0.3 is 0 Å². The highest BCUT2D eigenvalue weighted by molar-refractivity contribution is 5.79. The third-order valence-electron chi connectivity index (χ3n) is 4.35. The van der Waals surface area contributed by atoms with Gasteiger partial charge in [-0.1, -0.05) is 18.2 Å². The average Bonchev–Trinajstić information content (AvgIpc) is 3.40. The lowest BCUT2D eigenvalue weighted by atomic mass is 10.0. The van der Waals surface area contributed by atoms with Crippen molar-refractivity contribution in [1.82, 2.24) is 10.3 Å². The van der Waals surface area contributed by atoms with Crippen molar-refractivity contribution < 1.29 is 9.53 Å². The number of amides is 1. The number of pyridine rings is 1. The molecule has 1 aliphatic carbocycles. The van der Waals surface area contributed by atoms with E-state index in [1.807, 2.05) is 37.3 Å². The smallest absolute Gasteiger partial charge is 0.224 e. The Hall–Kier alpha value is -2.36. The van der Waals surface area contributed by atoms with E-state index in [0.29, 0.717) is 18.9 Å². The molecule has 1 saturated carbocycles. The number of nitrogens with one attached hydrogen (secondary N) is 1. The molecule has 2 aromatic rings. The van der Waals surface area contributed by atoms with Crippen molar-refractivity contribution in [2.45, 2.75) is 39.2 Å². The van der Waals surface area contributed by atoms with Crippen molar-refractivity contribution in [3.8, 4) is 5.75 Å². The molecule has 1 aromatic heterocycles. The number of benzene rings is 1. The molecule has 0 bridgehead atoms. The summed E-state index contributed by atoms with van der Waals surface area (Å²) in [5.74, 6) is 1.39. The lowest BCUT2D eigenvalue weighted by molar-refractivity contribution is -0.121. The van der Waals surface area contributed by atoms with Gasteiger partial charge in [-0.2, -0.15) is 0 Å². The highest BCUT2D eigenvalue weighted by Crippen LogP contribution is 2.41. The van der Waals surface area contributed by atoms with Crippen LogP contribution in [0.5, 0.6) is 5.75 Å². The second-order valence-electron chi connectivity index (χ2n) is 6.34. The molecule has 0 aliphatic heterocycles. The van der Waals surface area contributed by atoms with Crippen LogP contribution < -0.4 is 10.1 Å². The van der Waals surface area contributed by atoms with Crippen molar-refractivity contribution in [1.29, 1.82) is 0 Å². The number of rotatable bonds is 7. The SMILES string of the molecule is CCOc1ccc(CC(=O)NC(c2ncccc2C)C2CC2)cc1. The number of ether oxygens (including phenoxy) is 1. The van der Waals surface area contributed by atoms with Crippen molar-refractivity contribution in [2.75, 3.05) is 6.61 Å². The Balaban J connectivity index is 1.65. The summed E-state index contributed by atoms with van der Waals surface area (Å²) in [5, 5.41) is 3.19. The highest BCUT2D eigenvalue weighted by Gasteiger charge is 2.34. The zero-order chi connectivity index (χ0) is 16.9. The molecule has 1 aromatic carbocycles.